The number of nitrogens with one attached hydrogen (secondary N) is 1. The predicted octanol–water partition coefficient (Wildman–Crippen LogP) is 4.22. The van der Waals surface area contributed by atoms with Crippen molar-refractivity contribution in [2.75, 3.05) is 6.61 Å². The van der Waals surface area contributed by atoms with Gasteiger partial charge in [0.25, 0.3) is 0 Å². The number of esters is 1. The average Bonchev–Trinajstić information content (AvgIpc) is 2.47. The van der Waals surface area contributed by atoms with Crippen LogP contribution in [0.2, 0.25) is 0 Å². The van der Waals surface area contributed by atoms with Crippen molar-refractivity contribution in [2.24, 2.45) is 11.8 Å². The summed E-state index contributed by atoms with van der Waals surface area (Å²) in [5, 5.41) is 0.331. The van der Waals surface area contributed by atoms with Gasteiger partial charge in [-0.25, -0.2) is 13.1 Å². The zero-order valence-electron chi connectivity index (χ0n) is 16.6. The van der Waals surface area contributed by atoms with E-state index in [9.17, 15) is 13.2 Å². The third-order valence-corrected chi connectivity index (χ3v) is 6.41. The van der Waals surface area contributed by atoms with Gasteiger partial charge in [-0.05, 0) is 40.0 Å². The van der Waals surface area contributed by atoms with Crippen LogP contribution in [0.3, 0.4) is 0 Å². The van der Waals surface area contributed by atoms with Gasteiger partial charge in [0.1, 0.15) is 0 Å². The second kappa shape index (κ2) is 10.5. The van der Waals surface area contributed by atoms with Crippen LogP contribution in [-0.4, -0.2) is 31.8 Å². The molecule has 0 saturated heterocycles. The van der Waals surface area contributed by atoms with E-state index in [1.165, 1.54) is 0 Å². The molecule has 0 amide bonds. The molecule has 0 rings (SSSR count). The van der Waals surface area contributed by atoms with Gasteiger partial charge in [0.15, 0.2) is 0 Å². The number of sulfonamides is 1. The van der Waals surface area contributed by atoms with Crippen LogP contribution in [0, 0.1) is 11.8 Å². The van der Waals surface area contributed by atoms with Crippen molar-refractivity contribution < 1.29 is 17.9 Å². The van der Waals surface area contributed by atoms with E-state index in [1.807, 2.05) is 20.8 Å². The van der Waals surface area contributed by atoms with E-state index in [2.05, 4.69) is 4.72 Å². The Hall–Kier alpha value is -0.590. The number of halogens is 1. The SMILES string of the molecule is CCCC[C@H](/C=C(\Cl)[C@@H](NS(=O)(=O)C(C)(C)C)C(C)C)C(=O)OCC. The van der Waals surface area contributed by atoms with Crippen molar-refractivity contribution >= 4 is 27.6 Å². The van der Waals surface area contributed by atoms with E-state index in [0.29, 0.717) is 18.1 Å². The Kier molecular flexibility index (Phi) is 10.3. The van der Waals surface area contributed by atoms with Gasteiger partial charge in [0.2, 0.25) is 10.0 Å². The van der Waals surface area contributed by atoms with Crippen molar-refractivity contribution in [2.45, 2.75) is 78.5 Å². The first-order valence-electron chi connectivity index (χ1n) is 8.93. The fourth-order valence-corrected chi connectivity index (χ4v) is 3.70. The van der Waals surface area contributed by atoms with Crippen molar-refractivity contribution in [3.63, 3.8) is 0 Å². The monoisotopic (exact) mass is 395 g/mol. The highest BCUT2D eigenvalue weighted by Gasteiger charge is 2.33. The summed E-state index contributed by atoms with van der Waals surface area (Å²) in [7, 11) is -3.56. The Labute approximate surface area is 158 Å². The first-order valence-corrected chi connectivity index (χ1v) is 10.8. The highest BCUT2D eigenvalue weighted by Crippen LogP contribution is 2.24. The van der Waals surface area contributed by atoms with Crippen LogP contribution in [0.5, 0.6) is 0 Å². The van der Waals surface area contributed by atoms with Gasteiger partial charge < -0.3 is 4.74 Å². The molecule has 0 spiro atoms. The molecular weight excluding hydrogens is 362 g/mol. The zero-order chi connectivity index (χ0) is 19.8. The van der Waals surface area contributed by atoms with Crippen LogP contribution in [0.15, 0.2) is 11.1 Å². The summed E-state index contributed by atoms with van der Waals surface area (Å²) >= 11 is 6.44. The van der Waals surface area contributed by atoms with E-state index in [0.717, 1.165) is 12.8 Å². The molecule has 0 aromatic heterocycles. The third kappa shape index (κ3) is 8.09. The molecule has 0 aliphatic carbocycles. The molecule has 148 valence electrons. The molecule has 1 N–H and O–H groups in total. The minimum Gasteiger partial charge on any atom is -0.466 e. The van der Waals surface area contributed by atoms with E-state index in [-0.39, 0.29) is 11.9 Å². The molecule has 0 radical (unpaired) electrons. The fraction of sp³-hybridized carbons (Fsp3) is 0.833. The van der Waals surface area contributed by atoms with Crippen molar-refractivity contribution in [3.8, 4) is 0 Å². The maximum absolute atomic E-state index is 12.5. The standard InChI is InChI=1S/C18H34ClNO4S/c1-8-10-11-14(17(21)24-9-2)12-15(19)16(13(3)4)20-25(22,23)18(5,6)7/h12-14,16,20H,8-11H2,1-7H3/b15-12-/t14-,16+/m1/s1. The zero-order valence-corrected chi connectivity index (χ0v) is 18.1. The molecule has 0 saturated carbocycles. The molecule has 7 heteroatoms. The Balaban J connectivity index is 5.56. The number of rotatable bonds is 10. The number of carbonyl (C=O) groups excluding carboxylic acids is 1. The molecule has 0 unspecified atom stereocenters. The molecule has 0 aliphatic heterocycles. The highest BCUT2D eigenvalue weighted by atomic mass is 35.5. The Morgan fingerprint density at radius 1 is 1.24 bits per heavy atom. The van der Waals surface area contributed by atoms with Gasteiger partial charge in [-0.15, -0.1) is 0 Å². The van der Waals surface area contributed by atoms with Crippen LogP contribution in [0.4, 0.5) is 0 Å². The third-order valence-electron chi connectivity index (χ3n) is 3.87. The first-order chi connectivity index (χ1) is 11.4. The summed E-state index contributed by atoms with van der Waals surface area (Å²) in [5.74, 6) is -0.849. The summed E-state index contributed by atoms with van der Waals surface area (Å²) in [6, 6.07) is -0.579. The van der Waals surface area contributed by atoms with Crippen LogP contribution in [0.25, 0.3) is 0 Å². The quantitative estimate of drug-likeness (QED) is 0.562. The van der Waals surface area contributed by atoms with Crippen molar-refractivity contribution in [3.05, 3.63) is 11.1 Å². The maximum atomic E-state index is 12.5. The molecule has 0 aliphatic rings. The molecule has 5 nitrogen and oxygen atoms in total. The van der Waals surface area contributed by atoms with Gasteiger partial charge in [-0.2, -0.15) is 0 Å². The molecule has 2 atom stereocenters. The van der Waals surface area contributed by atoms with Crippen LogP contribution in [0.1, 0.15) is 67.7 Å². The molecule has 0 fully saturated rings. The van der Waals surface area contributed by atoms with Gasteiger partial charge in [0.05, 0.1) is 23.3 Å². The smallest absolute Gasteiger partial charge is 0.312 e. The lowest BCUT2D eigenvalue weighted by Gasteiger charge is -2.28. The van der Waals surface area contributed by atoms with Crippen molar-refractivity contribution in [1.29, 1.82) is 0 Å². The van der Waals surface area contributed by atoms with Gasteiger partial charge >= 0.3 is 5.97 Å². The number of unbranched alkanes of at least 4 members (excludes halogenated alkanes) is 1. The van der Waals surface area contributed by atoms with E-state index in [1.54, 1.807) is 33.8 Å². The maximum Gasteiger partial charge on any atom is 0.312 e. The number of hydrogen-bond acceptors (Lipinski definition) is 4. The Morgan fingerprint density at radius 3 is 2.20 bits per heavy atom. The summed E-state index contributed by atoms with van der Waals surface area (Å²) in [4.78, 5) is 12.2. The summed E-state index contributed by atoms with van der Waals surface area (Å²) < 4.78 is 31.8. The normalized spacial score (nSPS) is 16.0. The molecular formula is C18H34ClNO4S. The van der Waals surface area contributed by atoms with Crippen LogP contribution >= 0.6 is 11.6 Å². The summed E-state index contributed by atoms with van der Waals surface area (Å²) in [5.41, 5.74) is 0. The van der Waals surface area contributed by atoms with E-state index < -0.39 is 26.7 Å². The molecule has 0 aromatic carbocycles. The second-order valence-electron chi connectivity index (χ2n) is 7.51. The first kappa shape index (κ1) is 24.4. The minimum absolute atomic E-state index is 0.0603. The second-order valence-corrected chi connectivity index (χ2v) is 10.4. The molecule has 0 heterocycles. The minimum atomic E-state index is -3.56. The fourth-order valence-electron chi connectivity index (χ4n) is 2.09. The van der Waals surface area contributed by atoms with Gasteiger partial charge in [0, 0.05) is 5.03 Å². The number of carbonyl (C=O) groups is 1. The van der Waals surface area contributed by atoms with E-state index >= 15 is 0 Å². The Morgan fingerprint density at radius 2 is 1.80 bits per heavy atom. The van der Waals surface area contributed by atoms with Crippen molar-refractivity contribution in [1.82, 2.24) is 4.72 Å². The van der Waals surface area contributed by atoms with Crippen LogP contribution in [-0.2, 0) is 19.6 Å². The summed E-state index contributed by atoms with van der Waals surface area (Å²) in [6.07, 6.45) is 4.09. The molecule has 0 aromatic rings. The summed E-state index contributed by atoms with van der Waals surface area (Å²) in [6.45, 7) is 12.8. The lowest BCUT2D eigenvalue weighted by atomic mass is 9.98. The van der Waals surface area contributed by atoms with E-state index in [4.69, 9.17) is 16.3 Å². The number of hydrogen-bond donors (Lipinski definition) is 1. The van der Waals surface area contributed by atoms with Gasteiger partial charge in [-0.3, -0.25) is 4.79 Å². The van der Waals surface area contributed by atoms with Crippen LogP contribution < -0.4 is 4.72 Å². The average molecular weight is 396 g/mol. The molecule has 25 heavy (non-hydrogen) atoms. The predicted molar refractivity (Wildman–Crippen MR) is 104 cm³/mol. The molecule has 0 bridgehead atoms. The topological polar surface area (TPSA) is 72.5 Å². The Bertz CT molecular complexity index is 550. The van der Waals surface area contributed by atoms with Gasteiger partial charge in [-0.1, -0.05) is 51.3 Å². The lowest BCUT2D eigenvalue weighted by molar-refractivity contribution is -0.146. The largest absolute Gasteiger partial charge is 0.466 e. The lowest BCUT2D eigenvalue weighted by Crippen LogP contribution is -2.47. The number of ether oxygens (including phenoxy) is 1. The highest BCUT2D eigenvalue weighted by molar-refractivity contribution is 7.90.